The van der Waals surface area contributed by atoms with Gasteiger partial charge in [-0.1, -0.05) is 18.2 Å². The zero-order chi connectivity index (χ0) is 19.1. The lowest BCUT2D eigenvalue weighted by Crippen LogP contribution is -2.37. The smallest absolute Gasteiger partial charge is 0.320 e. The van der Waals surface area contributed by atoms with E-state index in [1.165, 1.54) is 30.9 Å². The van der Waals surface area contributed by atoms with Crippen molar-refractivity contribution in [3.63, 3.8) is 0 Å². The third-order valence-corrected chi connectivity index (χ3v) is 4.43. The Morgan fingerprint density at radius 3 is 2.63 bits per heavy atom. The summed E-state index contributed by atoms with van der Waals surface area (Å²) >= 11 is 0. The Bertz CT molecular complexity index is 1330. The summed E-state index contributed by atoms with van der Waals surface area (Å²) in [5.41, 5.74) is 0.692. The van der Waals surface area contributed by atoms with Crippen LogP contribution in [0.1, 0.15) is 10.4 Å². The molecule has 0 atom stereocenters. The van der Waals surface area contributed by atoms with E-state index in [-0.39, 0.29) is 16.9 Å². The fourth-order valence-corrected chi connectivity index (χ4v) is 3.02. The normalized spacial score (nSPS) is 11.0. The standard InChI is InChI=1S/C19H15N5O3/c1-23-16-14(18(26)24(2)19(23)27)9-12(10-21-16)22-17(25)13-7-3-5-11-6-4-8-20-15(11)13/h3-10H,1-2H3,(H,22,25). The van der Waals surface area contributed by atoms with Gasteiger partial charge in [-0.2, -0.15) is 0 Å². The number of fused-ring (bicyclic) bond motifs is 2. The van der Waals surface area contributed by atoms with Gasteiger partial charge in [-0.25, -0.2) is 9.78 Å². The summed E-state index contributed by atoms with van der Waals surface area (Å²) in [6.07, 6.45) is 3.04. The first kappa shape index (κ1) is 16.6. The van der Waals surface area contributed by atoms with E-state index >= 15 is 0 Å². The Kier molecular flexibility index (Phi) is 3.80. The summed E-state index contributed by atoms with van der Waals surface area (Å²) in [6.45, 7) is 0. The first-order chi connectivity index (χ1) is 13.0. The molecule has 0 unspecified atom stereocenters. The summed E-state index contributed by atoms with van der Waals surface area (Å²) in [6, 6.07) is 10.5. The number of aryl methyl sites for hydroxylation is 1. The molecule has 0 radical (unpaired) electrons. The van der Waals surface area contributed by atoms with Crippen LogP contribution < -0.4 is 16.6 Å². The molecule has 3 aromatic heterocycles. The van der Waals surface area contributed by atoms with Crippen molar-refractivity contribution in [2.75, 3.05) is 5.32 Å². The van der Waals surface area contributed by atoms with Gasteiger partial charge in [0.05, 0.1) is 28.4 Å². The molecule has 8 nitrogen and oxygen atoms in total. The van der Waals surface area contributed by atoms with E-state index in [1.54, 1.807) is 24.4 Å². The summed E-state index contributed by atoms with van der Waals surface area (Å²) < 4.78 is 2.29. The molecule has 0 fully saturated rings. The Balaban J connectivity index is 1.78. The molecule has 0 saturated carbocycles. The largest absolute Gasteiger partial charge is 0.332 e. The van der Waals surface area contributed by atoms with Gasteiger partial charge in [0.1, 0.15) is 5.65 Å². The minimum Gasteiger partial charge on any atom is -0.320 e. The van der Waals surface area contributed by atoms with Gasteiger partial charge in [-0.05, 0) is 18.2 Å². The molecule has 1 amide bonds. The van der Waals surface area contributed by atoms with Crippen molar-refractivity contribution >= 4 is 33.5 Å². The summed E-state index contributed by atoms with van der Waals surface area (Å²) in [5, 5.41) is 3.84. The molecular formula is C19H15N5O3. The third kappa shape index (κ3) is 2.67. The molecule has 0 spiro atoms. The zero-order valence-electron chi connectivity index (χ0n) is 14.6. The van der Waals surface area contributed by atoms with E-state index in [0.717, 1.165) is 9.95 Å². The zero-order valence-corrected chi connectivity index (χ0v) is 14.6. The molecule has 0 aliphatic rings. The number of carbonyl (C=O) groups excluding carboxylic acids is 1. The van der Waals surface area contributed by atoms with Gasteiger partial charge in [-0.15, -0.1) is 0 Å². The van der Waals surface area contributed by atoms with E-state index in [9.17, 15) is 14.4 Å². The van der Waals surface area contributed by atoms with Crippen molar-refractivity contribution in [1.29, 1.82) is 0 Å². The van der Waals surface area contributed by atoms with Crippen LogP contribution in [0.15, 0.2) is 58.4 Å². The van der Waals surface area contributed by atoms with Gasteiger partial charge >= 0.3 is 5.69 Å². The van der Waals surface area contributed by atoms with Gasteiger partial charge in [0.15, 0.2) is 0 Å². The second-order valence-corrected chi connectivity index (χ2v) is 6.14. The topological polar surface area (TPSA) is 98.9 Å². The van der Waals surface area contributed by atoms with Gasteiger partial charge in [0, 0.05) is 25.7 Å². The molecule has 0 aliphatic carbocycles. The fraction of sp³-hybridized carbons (Fsp3) is 0.105. The summed E-state index contributed by atoms with van der Waals surface area (Å²) in [5.74, 6) is -0.359. The minimum atomic E-state index is -0.469. The number of carbonyl (C=O) groups is 1. The number of benzene rings is 1. The number of hydrogen-bond donors (Lipinski definition) is 1. The van der Waals surface area contributed by atoms with Crippen molar-refractivity contribution in [1.82, 2.24) is 19.1 Å². The van der Waals surface area contributed by atoms with Crippen molar-refractivity contribution in [2.24, 2.45) is 14.1 Å². The van der Waals surface area contributed by atoms with Crippen LogP contribution in [0.25, 0.3) is 21.9 Å². The Morgan fingerprint density at radius 1 is 1.04 bits per heavy atom. The molecule has 0 aliphatic heterocycles. The van der Waals surface area contributed by atoms with Crippen LogP contribution in [0.5, 0.6) is 0 Å². The lowest BCUT2D eigenvalue weighted by Gasteiger charge is -2.10. The molecule has 0 saturated heterocycles. The maximum Gasteiger partial charge on any atom is 0.332 e. The monoisotopic (exact) mass is 361 g/mol. The van der Waals surface area contributed by atoms with Crippen molar-refractivity contribution in [3.05, 3.63) is 75.2 Å². The molecule has 3 heterocycles. The number of pyridine rings is 2. The average Bonchev–Trinajstić information content (AvgIpc) is 2.70. The Hall–Kier alpha value is -3.81. The maximum atomic E-state index is 12.7. The predicted molar refractivity (Wildman–Crippen MR) is 102 cm³/mol. The highest BCUT2D eigenvalue weighted by atomic mass is 16.2. The second-order valence-electron chi connectivity index (χ2n) is 6.14. The van der Waals surface area contributed by atoms with Crippen LogP contribution in [0.3, 0.4) is 0 Å². The molecule has 1 aromatic carbocycles. The number of amides is 1. The van der Waals surface area contributed by atoms with E-state index in [4.69, 9.17) is 0 Å². The number of rotatable bonds is 2. The number of nitrogens with zero attached hydrogens (tertiary/aromatic N) is 4. The van der Waals surface area contributed by atoms with E-state index < -0.39 is 11.2 Å². The van der Waals surface area contributed by atoms with Crippen LogP contribution in [-0.2, 0) is 14.1 Å². The molecule has 1 N–H and O–H groups in total. The molecule has 8 heteroatoms. The third-order valence-electron chi connectivity index (χ3n) is 4.43. The van der Waals surface area contributed by atoms with E-state index in [2.05, 4.69) is 15.3 Å². The first-order valence-electron chi connectivity index (χ1n) is 8.18. The van der Waals surface area contributed by atoms with Crippen LogP contribution >= 0.6 is 0 Å². The minimum absolute atomic E-state index is 0.244. The van der Waals surface area contributed by atoms with Crippen LogP contribution in [0, 0.1) is 0 Å². The SMILES string of the molecule is Cn1c(=O)c2cc(NC(=O)c3cccc4cccnc34)cnc2n(C)c1=O. The number of hydrogen-bond acceptors (Lipinski definition) is 5. The van der Waals surface area contributed by atoms with Gasteiger partial charge < -0.3 is 5.32 Å². The molecule has 27 heavy (non-hydrogen) atoms. The number of anilines is 1. The summed E-state index contributed by atoms with van der Waals surface area (Å²) in [4.78, 5) is 45.5. The number of para-hydroxylation sites is 1. The predicted octanol–water partition coefficient (Wildman–Crippen LogP) is 1.43. The quantitative estimate of drug-likeness (QED) is 0.582. The van der Waals surface area contributed by atoms with Crippen molar-refractivity contribution in [2.45, 2.75) is 0 Å². The molecular weight excluding hydrogens is 346 g/mol. The van der Waals surface area contributed by atoms with E-state index in [1.807, 2.05) is 12.1 Å². The highest BCUT2D eigenvalue weighted by Crippen LogP contribution is 2.18. The number of nitrogens with one attached hydrogen (secondary N) is 1. The number of aromatic nitrogens is 4. The molecule has 0 bridgehead atoms. The van der Waals surface area contributed by atoms with Crippen LogP contribution in [0.2, 0.25) is 0 Å². The lowest BCUT2D eigenvalue weighted by molar-refractivity contribution is 0.102. The molecule has 134 valence electrons. The molecule has 4 rings (SSSR count). The van der Waals surface area contributed by atoms with Crippen LogP contribution in [-0.4, -0.2) is 25.0 Å². The molecule has 4 aromatic rings. The highest BCUT2D eigenvalue weighted by Gasteiger charge is 2.14. The lowest BCUT2D eigenvalue weighted by atomic mass is 10.1. The van der Waals surface area contributed by atoms with Gasteiger partial charge in [0.25, 0.3) is 11.5 Å². The second kappa shape index (κ2) is 6.17. The Morgan fingerprint density at radius 2 is 1.81 bits per heavy atom. The van der Waals surface area contributed by atoms with Crippen molar-refractivity contribution < 1.29 is 4.79 Å². The van der Waals surface area contributed by atoms with Gasteiger partial charge in [0.2, 0.25) is 0 Å². The Labute approximate surface area is 152 Å². The summed E-state index contributed by atoms with van der Waals surface area (Å²) in [7, 11) is 2.94. The average molecular weight is 361 g/mol. The van der Waals surface area contributed by atoms with Crippen LogP contribution in [0.4, 0.5) is 5.69 Å². The maximum absolute atomic E-state index is 12.7. The first-order valence-corrected chi connectivity index (χ1v) is 8.18. The fourth-order valence-electron chi connectivity index (χ4n) is 3.02. The van der Waals surface area contributed by atoms with Crippen molar-refractivity contribution in [3.8, 4) is 0 Å². The van der Waals surface area contributed by atoms with Gasteiger partial charge in [-0.3, -0.25) is 23.7 Å². The van der Waals surface area contributed by atoms with E-state index in [0.29, 0.717) is 16.8 Å². The highest BCUT2D eigenvalue weighted by molar-refractivity contribution is 6.12.